The molecule has 0 spiro atoms. The molecule has 0 bridgehead atoms. The number of nitrogens with one attached hydrogen (secondary N) is 1. The van der Waals surface area contributed by atoms with Gasteiger partial charge in [0, 0.05) is 11.6 Å². The highest BCUT2D eigenvalue weighted by Gasteiger charge is 2.05. The van der Waals surface area contributed by atoms with E-state index in [0.29, 0.717) is 18.2 Å². The number of hydrogen-bond donors (Lipinski definition) is 1. The molecule has 0 aliphatic carbocycles. The second-order valence-corrected chi connectivity index (χ2v) is 4.63. The largest absolute Gasteiger partial charge is 0.467 e. The van der Waals surface area contributed by atoms with Crippen molar-refractivity contribution in [2.45, 2.75) is 13.5 Å². The molecule has 2 heterocycles. The van der Waals surface area contributed by atoms with Gasteiger partial charge in [0.2, 0.25) is 0 Å². The van der Waals surface area contributed by atoms with Crippen molar-refractivity contribution in [2.75, 3.05) is 5.32 Å². The zero-order valence-electron chi connectivity index (χ0n) is 11.5. The van der Waals surface area contributed by atoms with E-state index in [0.717, 1.165) is 17.0 Å². The van der Waals surface area contributed by atoms with Crippen LogP contribution in [-0.4, -0.2) is 9.97 Å². The van der Waals surface area contributed by atoms with Crippen molar-refractivity contribution in [1.29, 1.82) is 0 Å². The number of hydrogen-bond acceptors (Lipinski definition) is 4. The summed E-state index contributed by atoms with van der Waals surface area (Å²) in [7, 11) is 0. The number of furan rings is 1. The van der Waals surface area contributed by atoms with Crippen LogP contribution in [0.2, 0.25) is 0 Å². The van der Waals surface area contributed by atoms with Crippen molar-refractivity contribution in [3.8, 4) is 11.3 Å². The van der Waals surface area contributed by atoms with E-state index in [9.17, 15) is 4.39 Å². The van der Waals surface area contributed by atoms with Crippen LogP contribution < -0.4 is 5.32 Å². The molecule has 0 atom stereocenters. The summed E-state index contributed by atoms with van der Waals surface area (Å²) in [6, 6.07) is 11.8. The number of aryl methyl sites for hydroxylation is 1. The fourth-order valence-corrected chi connectivity index (χ4v) is 2.02. The van der Waals surface area contributed by atoms with E-state index in [-0.39, 0.29) is 5.82 Å². The van der Waals surface area contributed by atoms with E-state index in [4.69, 9.17) is 4.42 Å². The lowest BCUT2D eigenvalue weighted by atomic mass is 10.1. The molecule has 0 aliphatic heterocycles. The minimum Gasteiger partial charge on any atom is -0.467 e. The Kier molecular flexibility index (Phi) is 3.64. The predicted octanol–water partition coefficient (Wildman–Crippen LogP) is 3.80. The van der Waals surface area contributed by atoms with Crippen molar-refractivity contribution in [3.63, 3.8) is 0 Å². The summed E-state index contributed by atoms with van der Waals surface area (Å²) in [6.45, 7) is 2.37. The maximum absolute atomic E-state index is 13.0. The third kappa shape index (κ3) is 3.25. The Hall–Kier alpha value is -2.69. The van der Waals surface area contributed by atoms with Crippen LogP contribution in [0.4, 0.5) is 10.2 Å². The third-order valence-corrected chi connectivity index (χ3v) is 3.00. The lowest BCUT2D eigenvalue weighted by molar-refractivity contribution is 0.518. The molecular formula is C16H14FN3O. The number of rotatable bonds is 4. The van der Waals surface area contributed by atoms with Gasteiger partial charge in [0.1, 0.15) is 23.2 Å². The molecule has 0 radical (unpaired) electrons. The van der Waals surface area contributed by atoms with Gasteiger partial charge in [-0.25, -0.2) is 14.4 Å². The van der Waals surface area contributed by atoms with E-state index in [1.165, 1.54) is 12.1 Å². The Bertz CT molecular complexity index is 724. The number of benzene rings is 1. The second-order valence-electron chi connectivity index (χ2n) is 4.63. The van der Waals surface area contributed by atoms with Crippen molar-refractivity contribution in [2.24, 2.45) is 0 Å². The Morgan fingerprint density at radius 2 is 1.95 bits per heavy atom. The van der Waals surface area contributed by atoms with Gasteiger partial charge in [0.25, 0.3) is 0 Å². The smallest absolute Gasteiger partial charge is 0.130 e. The normalized spacial score (nSPS) is 10.6. The first-order valence-electron chi connectivity index (χ1n) is 6.58. The minimum absolute atomic E-state index is 0.263. The summed E-state index contributed by atoms with van der Waals surface area (Å²) in [4.78, 5) is 8.72. The molecule has 0 saturated carbocycles. The average molecular weight is 283 g/mol. The Morgan fingerprint density at radius 1 is 1.14 bits per heavy atom. The molecule has 0 amide bonds. The topological polar surface area (TPSA) is 51.0 Å². The van der Waals surface area contributed by atoms with Crippen LogP contribution in [0, 0.1) is 12.7 Å². The van der Waals surface area contributed by atoms with Crippen LogP contribution in [0.25, 0.3) is 11.3 Å². The molecule has 0 fully saturated rings. The summed E-state index contributed by atoms with van der Waals surface area (Å²) in [5, 5.41) is 3.19. The second kappa shape index (κ2) is 5.75. The third-order valence-electron chi connectivity index (χ3n) is 3.00. The molecule has 5 heteroatoms. The monoisotopic (exact) mass is 283 g/mol. The first-order valence-corrected chi connectivity index (χ1v) is 6.58. The SMILES string of the molecule is Cc1nc(NCc2ccco2)cc(-c2ccc(F)cc2)n1. The average Bonchev–Trinajstić information content (AvgIpc) is 2.99. The van der Waals surface area contributed by atoms with Gasteiger partial charge < -0.3 is 9.73 Å². The molecule has 106 valence electrons. The maximum Gasteiger partial charge on any atom is 0.130 e. The van der Waals surface area contributed by atoms with Gasteiger partial charge in [-0.1, -0.05) is 0 Å². The Labute approximate surface area is 121 Å². The molecular weight excluding hydrogens is 269 g/mol. The van der Waals surface area contributed by atoms with Crippen LogP contribution in [0.5, 0.6) is 0 Å². The van der Waals surface area contributed by atoms with Crippen molar-refractivity contribution >= 4 is 5.82 Å². The van der Waals surface area contributed by atoms with Gasteiger partial charge >= 0.3 is 0 Å². The summed E-state index contributed by atoms with van der Waals surface area (Å²) in [5.41, 5.74) is 1.60. The van der Waals surface area contributed by atoms with E-state index in [1.54, 1.807) is 18.4 Å². The van der Waals surface area contributed by atoms with Gasteiger partial charge in [-0.05, 0) is 43.3 Å². The molecule has 3 rings (SSSR count). The van der Waals surface area contributed by atoms with Crippen LogP contribution in [0.3, 0.4) is 0 Å². The van der Waals surface area contributed by atoms with E-state index in [1.807, 2.05) is 25.1 Å². The lowest BCUT2D eigenvalue weighted by Gasteiger charge is -2.08. The fourth-order valence-electron chi connectivity index (χ4n) is 2.02. The van der Waals surface area contributed by atoms with Gasteiger partial charge in [-0.2, -0.15) is 0 Å². The zero-order chi connectivity index (χ0) is 14.7. The maximum atomic E-state index is 13.0. The van der Waals surface area contributed by atoms with Gasteiger partial charge in [0.15, 0.2) is 0 Å². The summed E-state index contributed by atoms with van der Waals surface area (Å²) in [5.74, 6) is 1.92. The molecule has 1 N–H and O–H groups in total. The number of nitrogens with zero attached hydrogens (tertiary/aromatic N) is 2. The van der Waals surface area contributed by atoms with Crippen LogP contribution in [0.15, 0.2) is 53.1 Å². The van der Waals surface area contributed by atoms with Crippen LogP contribution in [0.1, 0.15) is 11.6 Å². The molecule has 4 nitrogen and oxygen atoms in total. The Balaban J connectivity index is 1.83. The number of halogens is 1. The molecule has 0 aliphatic rings. The highest BCUT2D eigenvalue weighted by atomic mass is 19.1. The number of anilines is 1. The van der Waals surface area contributed by atoms with Crippen LogP contribution in [-0.2, 0) is 6.54 Å². The molecule has 2 aromatic heterocycles. The standard InChI is InChI=1S/C16H14FN3O/c1-11-19-15(12-4-6-13(17)7-5-12)9-16(20-11)18-10-14-3-2-8-21-14/h2-9H,10H2,1H3,(H,18,19,20). The molecule has 1 aromatic carbocycles. The molecule has 3 aromatic rings. The molecule has 21 heavy (non-hydrogen) atoms. The lowest BCUT2D eigenvalue weighted by Crippen LogP contribution is -2.03. The summed E-state index contributed by atoms with van der Waals surface area (Å²) >= 11 is 0. The fraction of sp³-hybridized carbons (Fsp3) is 0.125. The molecule has 0 saturated heterocycles. The van der Waals surface area contributed by atoms with Crippen molar-refractivity contribution in [1.82, 2.24) is 9.97 Å². The van der Waals surface area contributed by atoms with Gasteiger partial charge in [-0.3, -0.25) is 0 Å². The highest BCUT2D eigenvalue weighted by Crippen LogP contribution is 2.20. The van der Waals surface area contributed by atoms with Crippen molar-refractivity contribution < 1.29 is 8.81 Å². The van der Waals surface area contributed by atoms with E-state index in [2.05, 4.69) is 15.3 Å². The minimum atomic E-state index is -0.263. The zero-order valence-corrected chi connectivity index (χ0v) is 11.5. The highest BCUT2D eigenvalue weighted by molar-refractivity contribution is 5.62. The van der Waals surface area contributed by atoms with Gasteiger partial charge in [-0.15, -0.1) is 0 Å². The quantitative estimate of drug-likeness (QED) is 0.791. The van der Waals surface area contributed by atoms with E-state index >= 15 is 0 Å². The molecule has 0 unspecified atom stereocenters. The van der Waals surface area contributed by atoms with Crippen LogP contribution >= 0.6 is 0 Å². The van der Waals surface area contributed by atoms with E-state index < -0.39 is 0 Å². The number of aromatic nitrogens is 2. The van der Waals surface area contributed by atoms with Gasteiger partial charge in [0.05, 0.1) is 18.5 Å². The van der Waals surface area contributed by atoms with Crippen molar-refractivity contribution in [3.05, 3.63) is 66.1 Å². The Morgan fingerprint density at radius 3 is 2.67 bits per heavy atom. The predicted molar refractivity (Wildman–Crippen MR) is 78.2 cm³/mol. The summed E-state index contributed by atoms with van der Waals surface area (Å²) in [6.07, 6.45) is 1.63. The summed E-state index contributed by atoms with van der Waals surface area (Å²) < 4.78 is 18.2. The first kappa shape index (κ1) is 13.3. The first-order chi connectivity index (χ1) is 10.2.